The Bertz CT molecular complexity index is 697. The molecule has 6 nitrogen and oxygen atoms in total. The lowest BCUT2D eigenvalue weighted by atomic mass is 10.4. The molecule has 140 valence electrons. The van der Waals surface area contributed by atoms with E-state index in [1.807, 2.05) is 49.9 Å². The van der Waals surface area contributed by atoms with Gasteiger partial charge in [0.1, 0.15) is 0 Å². The van der Waals surface area contributed by atoms with Gasteiger partial charge >= 0.3 is 0 Å². The molecule has 0 spiro atoms. The van der Waals surface area contributed by atoms with Crippen molar-refractivity contribution < 1.29 is 0 Å². The van der Waals surface area contributed by atoms with E-state index in [0.29, 0.717) is 6.54 Å². The standard InChI is InChI=1S/C16H25ClN6S.HI/c1-6-18-15(19-8-13-11-24-16(20-13)21(2)3)23(5)10-14-7-12(17)9-22(14)4;/h7,9,11H,6,8,10H2,1-5H3,(H,18,19);1H. The van der Waals surface area contributed by atoms with Crippen LogP contribution >= 0.6 is 46.9 Å². The van der Waals surface area contributed by atoms with Crippen molar-refractivity contribution in [2.24, 2.45) is 12.0 Å². The van der Waals surface area contributed by atoms with Crippen molar-refractivity contribution >= 4 is 58.0 Å². The predicted molar refractivity (Wildman–Crippen MR) is 119 cm³/mol. The highest BCUT2D eigenvalue weighted by Gasteiger charge is 2.10. The molecule has 0 radical (unpaired) electrons. The van der Waals surface area contributed by atoms with Crippen LogP contribution in [0.5, 0.6) is 0 Å². The second-order valence-electron chi connectivity index (χ2n) is 5.80. The van der Waals surface area contributed by atoms with Crippen LogP contribution in [0.4, 0.5) is 5.13 Å². The smallest absolute Gasteiger partial charge is 0.194 e. The molecule has 1 N–H and O–H groups in total. The van der Waals surface area contributed by atoms with Crippen LogP contribution in [0, 0.1) is 0 Å². The number of nitrogens with zero attached hydrogens (tertiary/aromatic N) is 5. The molecule has 2 rings (SSSR count). The molecule has 0 amide bonds. The van der Waals surface area contributed by atoms with Gasteiger partial charge in [-0.05, 0) is 13.0 Å². The Kier molecular flexibility index (Phi) is 9.01. The highest BCUT2D eigenvalue weighted by molar-refractivity contribution is 14.0. The first kappa shape index (κ1) is 22.0. The number of rotatable bonds is 6. The summed E-state index contributed by atoms with van der Waals surface area (Å²) in [5.74, 6) is 0.856. The molecule has 0 aliphatic carbocycles. The third kappa shape index (κ3) is 6.34. The number of hydrogen-bond donors (Lipinski definition) is 1. The molecule has 0 atom stereocenters. The van der Waals surface area contributed by atoms with E-state index in [4.69, 9.17) is 16.6 Å². The van der Waals surface area contributed by atoms with Crippen molar-refractivity contribution in [2.75, 3.05) is 32.6 Å². The number of aromatic nitrogens is 2. The maximum atomic E-state index is 6.06. The molecule has 0 unspecified atom stereocenters. The van der Waals surface area contributed by atoms with Crippen LogP contribution in [0.15, 0.2) is 22.6 Å². The summed E-state index contributed by atoms with van der Waals surface area (Å²) in [5.41, 5.74) is 2.12. The van der Waals surface area contributed by atoms with Gasteiger partial charge in [0.15, 0.2) is 11.1 Å². The van der Waals surface area contributed by atoms with Gasteiger partial charge in [0.25, 0.3) is 0 Å². The van der Waals surface area contributed by atoms with E-state index in [2.05, 4.69) is 27.5 Å². The quantitative estimate of drug-likeness (QED) is 0.378. The van der Waals surface area contributed by atoms with E-state index in [0.717, 1.165) is 40.6 Å². The Hall–Kier alpha value is -1.000. The van der Waals surface area contributed by atoms with Crippen molar-refractivity contribution in [3.05, 3.63) is 34.1 Å². The van der Waals surface area contributed by atoms with E-state index >= 15 is 0 Å². The summed E-state index contributed by atoms with van der Waals surface area (Å²) in [4.78, 5) is 13.4. The minimum atomic E-state index is 0. The fourth-order valence-corrected chi connectivity index (χ4v) is 3.26. The molecule has 0 bridgehead atoms. The Labute approximate surface area is 175 Å². The van der Waals surface area contributed by atoms with Gasteiger partial charge in [-0.2, -0.15) is 0 Å². The molecule has 2 aromatic rings. The first-order valence-corrected chi connectivity index (χ1v) is 9.08. The van der Waals surface area contributed by atoms with Crippen LogP contribution in [0.1, 0.15) is 18.3 Å². The molecule has 2 aromatic heterocycles. The van der Waals surface area contributed by atoms with Crippen molar-refractivity contribution in [1.29, 1.82) is 0 Å². The monoisotopic (exact) mass is 496 g/mol. The molecule has 0 aromatic carbocycles. The normalized spacial score (nSPS) is 11.2. The van der Waals surface area contributed by atoms with Crippen molar-refractivity contribution in [3.63, 3.8) is 0 Å². The molecule has 0 saturated carbocycles. The van der Waals surface area contributed by atoms with Crippen molar-refractivity contribution in [2.45, 2.75) is 20.0 Å². The highest BCUT2D eigenvalue weighted by atomic mass is 127. The largest absolute Gasteiger partial charge is 0.357 e. The van der Waals surface area contributed by atoms with E-state index in [1.165, 1.54) is 0 Å². The van der Waals surface area contributed by atoms with Crippen LogP contribution < -0.4 is 10.2 Å². The highest BCUT2D eigenvalue weighted by Crippen LogP contribution is 2.18. The van der Waals surface area contributed by atoms with Crippen molar-refractivity contribution in [1.82, 2.24) is 19.8 Å². The molecule has 2 heterocycles. The van der Waals surface area contributed by atoms with E-state index in [1.54, 1.807) is 11.3 Å². The molecule has 0 aliphatic rings. The van der Waals surface area contributed by atoms with Crippen molar-refractivity contribution in [3.8, 4) is 0 Å². The van der Waals surface area contributed by atoms with Gasteiger partial charge in [-0.3, -0.25) is 0 Å². The lowest BCUT2D eigenvalue weighted by Gasteiger charge is -2.22. The van der Waals surface area contributed by atoms with Gasteiger partial charge in [-0.15, -0.1) is 35.3 Å². The summed E-state index contributed by atoms with van der Waals surface area (Å²) < 4.78 is 2.03. The van der Waals surface area contributed by atoms with Gasteiger partial charge in [0, 0.05) is 52.0 Å². The SMILES string of the molecule is CCNC(=NCc1csc(N(C)C)n1)N(C)Cc1cc(Cl)cn1C.I. The third-order valence-corrected chi connectivity index (χ3v) is 4.75. The Morgan fingerprint density at radius 2 is 2.12 bits per heavy atom. The zero-order valence-electron chi connectivity index (χ0n) is 15.3. The number of anilines is 1. The molecule has 25 heavy (non-hydrogen) atoms. The van der Waals surface area contributed by atoms with Gasteiger partial charge in [-0.25, -0.2) is 9.98 Å². The maximum Gasteiger partial charge on any atom is 0.194 e. The van der Waals surface area contributed by atoms with E-state index in [-0.39, 0.29) is 24.0 Å². The Morgan fingerprint density at radius 1 is 1.40 bits per heavy atom. The number of halogens is 2. The van der Waals surface area contributed by atoms with Crippen LogP contribution in [0.25, 0.3) is 0 Å². The van der Waals surface area contributed by atoms with Gasteiger partial charge in [-0.1, -0.05) is 11.6 Å². The lowest BCUT2D eigenvalue weighted by molar-refractivity contribution is 0.461. The molecular weight excluding hydrogens is 471 g/mol. The lowest BCUT2D eigenvalue weighted by Crippen LogP contribution is -2.38. The molecule has 0 saturated heterocycles. The average Bonchev–Trinajstić information content (AvgIpc) is 3.10. The van der Waals surface area contributed by atoms with Gasteiger partial charge in [0.2, 0.25) is 0 Å². The van der Waals surface area contributed by atoms with Crippen LogP contribution in [0.2, 0.25) is 5.02 Å². The Balaban J connectivity index is 0.00000312. The number of aryl methyl sites for hydroxylation is 1. The summed E-state index contributed by atoms with van der Waals surface area (Å²) >= 11 is 7.69. The summed E-state index contributed by atoms with van der Waals surface area (Å²) in [6.07, 6.45) is 1.91. The molecule has 9 heteroatoms. The summed E-state index contributed by atoms with van der Waals surface area (Å²) in [6, 6.07) is 1.98. The number of aliphatic imine (C=N–C) groups is 1. The van der Waals surface area contributed by atoms with Crippen LogP contribution in [0.3, 0.4) is 0 Å². The number of thiazole rings is 1. The van der Waals surface area contributed by atoms with E-state index in [9.17, 15) is 0 Å². The maximum absolute atomic E-state index is 6.06. The molecule has 0 fully saturated rings. The summed E-state index contributed by atoms with van der Waals surface area (Å²) in [6.45, 7) is 4.17. The van der Waals surface area contributed by atoms with Crippen LogP contribution in [-0.2, 0) is 20.1 Å². The number of nitrogens with one attached hydrogen (secondary N) is 1. The Morgan fingerprint density at radius 3 is 2.64 bits per heavy atom. The average molecular weight is 497 g/mol. The van der Waals surface area contributed by atoms with Gasteiger partial charge in [0.05, 0.1) is 23.8 Å². The van der Waals surface area contributed by atoms with Crippen LogP contribution in [-0.4, -0.2) is 48.1 Å². The second kappa shape index (κ2) is 10.2. The summed E-state index contributed by atoms with van der Waals surface area (Å²) in [7, 11) is 8.01. The topological polar surface area (TPSA) is 48.7 Å². The van der Waals surface area contributed by atoms with E-state index < -0.39 is 0 Å². The summed E-state index contributed by atoms with van der Waals surface area (Å²) in [5, 5.41) is 7.13. The zero-order valence-corrected chi connectivity index (χ0v) is 19.2. The second-order valence-corrected chi connectivity index (χ2v) is 7.08. The first-order valence-electron chi connectivity index (χ1n) is 7.82. The first-order chi connectivity index (χ1) is 11.4. The molecule has 0 aliphatic heterocycles. The third-order valence-electron chi connectivity index (χ3n) is 3.48. The number of hydrogen-bond acceptors (Lipinski definition) is 4. The predicted octanol–water partition coefficient (Wildman–Crippen LogP) is 3.42. The minimum absolute atomic E-state index is 0. The zero-order chi connectivity index (χ0) is 17.7. The fourth-order valence-electron chi connectivity index (χ4n) is 2.24. The van der Waals surface area contributed by atoms with Gasteiger partial charge < -0.3 is 19.7 Å². The number of guanidine groups is 1. The fraction of sp³-hybridized carbons (Fsp3) is 0.500. The minimum Gasteiger partial charge on any atom is -0.357 e. The molecular formula is C16H26ClIN6S.